The van der Waals surface area contributed by atoms with E-state index in [9.17, 15) is 18.0 Å². The van der Waals surface area contributed by atoms with Crippen molar-refractivity contribution in [2.45, 2.75) is 18.2 Å². The molecule has 10 nitrogen and oxygen atoms in total. The number of carbonyl (C=O) groups excluding carboxylic acids is 2. The number of hydrogen-bond acceptors (Lipinski definition) is 7. The predicted octanol–water partition coefficient (Wildman–Crippen LogP) is -0.477. The number of nitrogens with zero attached hydrogens (tertiary/aromatic N) is 4. The summed E-state index contributed by atoms with van der Waals surface area (Å²) in [6.45, 7) is 5.82. The number of morpholine rings is 1. The lowest BCUT2D eigenvalue weighted by atomic mass is 10.3. The van der Waals surface area contributed by atoms with Gasteiger partial charge in [-0.3, -0.25) is 9.59 Å². The number of carbonyl (C=O) groups is 2. The number of rotatable bonds is 6. The topological polar surface area (TPSA) is 112 Å². The lowest BCUT2D eigenvalue weighted by molar-refractivity contribution is -0.133. The van der Waals surface area contributed by atoms with Crippen LogP contribution in [0, 0.1) is 11.8 Å². The minimum Gasteiger partial charge on any atom is -0.379 e. The van der Waals surface area contributed by atoms with Gasteiger partial charge in [-0.1, -0.05) is 6.92 Å². The highest BCUT2D eigenvalue weighted by molar-refractivity contribution is 7.89. The molecule has 3 aliphatic rings. The highest BCUT2D eigenvalue weighted by atomic mass is 32.2. The summed E-state index contributed by atoms with van der Waals surface area (Å²) < 4.78 is 32.1. The van der Waals surface area contributed by atoms with Crippen LogP contribution in [0.3, 0.4) is 0 Å². The molecule has 31 heavy (non-hydrogen) atoms. The average Bonchev–Trinajstić information content (AvgIpc) is 3.54. The zero-order chi connectivity index (χ0) is 22.0. The van der Waals surface area contributed by atoms with Gasteiger partial charge in [-0.05, 0) is 24.5 Å². The third-order valence-electron chi connectivity index (χ3n) is 6.15. The van der Waals surface area contributed by atoms with E-state index in [4.69, 9.17) is 4.74 Å². The molecule has 1 saturated carbocycles. The summed E-state index contributed by atoms with van der Waals surface area (Å²) in [6, 6.07) is 3.29. The van der Waals surface area contributed by atoms with Gasteiger partial charge in [-0.15, -0.1) is 0 Å². The highest BCUT2D eigenvalue weighted by Gasteiger charge is 2.39. The molecular weight excluding hydrogens is 422 g/mol. The van der Waals surface area contributed by atoms with E-state index >= 15 is 0 Å². The van der Waals surface area contributed by atoms with E-state index in [0.717, 1.165) is 6.42 Å². The Hall–Kier alpha value is -2.24. The Labute approximate surface area is 182 Å². The Kier molecular flexibility index (Phi) is 6.44. The summed E-state index contributed by atoms with van der Waals surface area (Å²) in [4.78, 5) is 32.6. The van der Waals surface area contributed by atoms with Crippen molar-refractivity contribution < 1.29 is 22.7 Å². The van der Waals surface area contributed by atoms with Gasteiger partial charge in [0.25, 0.3) is 0 Å². The number of anilines is 1. The Balaban J connectivity index is 1.27. The fraction of sp³-hybridized carbons (Fsp3) is 0.650. The largest absolute Gasteiger partial charge is 0.379 e. The Morgan fingerprint density at radius 1 is 1.13 bits per heavy atom. The third-order valence-corrected chi connectivity index (χ3v) is 8.03. The molecule has 0 spiro atoms. The number of amides is 2. The van der Waals surface area contributed by atoms with Gasteiger partial charge >= 0.3 is 0 Å². The molecule has 11 heteroatoms. The highest BCUT2D eigenvalue weighted by Crippen LogP contribution is 2.37. The first-order valence-electron chi connectivity index (χ1n) is 10.7. The van der Waals surface area contributed by atoms with Crippen LogP contribution in [0.15, 0.2) is 23.2 Å². The number of nitrogens with one attached hydrogen (secondary N) is 1. The molecule has 1 aliphatic carbocycles. The van der Waals surface area contributed by atoms with Crippen LogP contribution in [0.25, 0.3) is 0 Å². The maximum atomic E-state index is 12.7. The normalized spacial score (nSPS) is 24.7. The molecule has 0 unspecified atom stereocenters. The average molecular weight is 452 g/mol. The second-order valence-corrected chi connectivity index (χ2v) is 10.2. The van der Waals surface area contributed by atoms with Crippen LogP contribution in [0.4, 0.5) is 5.82 Å². The summed E-state index contributed by atoms with van der Waals surface area (Å²) in [5.41, 5.74) is 0. The van der Waals surface area contributed by atoms with E-state index in [1.165, 1.54) is 10.5 Å². The van der Waals surface area contributed by atoms with Gasteiger partial charge in [-0.25, -0.2) is 13.4 Å². The van der Waals surface area contributed by atoms with Gasteiger partial charge in [0.05, 0.1) is 19.8 Å². The minimum absolute atomic E-state index is 0.0317. The van der Waals surface area contributed by atoms with Gasteiger partial charge < -0.3 is 19.9 Å². The standard InChI is InChI=1S/C20H29N5O5S/c1-15-12-17(15)20(27)22-14-19(26)24-6-4-23(5-7-24)18-3-2-16(13-21-18)31(28,29)25-8-10-30-11-9-25/h2-3,13,15,17H,4-12,14H2,1H3,(H,22,27)/t15-,17-/m0/s1. The number of hydrogen-bond donors (Lipinski definition) is 1. The van der Waals surface area contributed by atoms with Gasteiger partial charge in [0, 0.05) is 51.4 Å². The molecule has 3 fully saturated rings. The van der Waals surface area contributed by atoms with E-state index < -0.39 is 10.0 Å². The third kappa shape index (κ3) is 4.99. The lowest BCUT2D eigenvalue weighted by Gasteiger charge is -2.35. The van der Waals surface area contributed by atoms with Crippen LogP contribution < -0.4 is 10.2 Å². The van der Waals surface area contributed by atoms with Crippen LogP contribution in [0.1, 0.15) is 13.3 Å². The molecule has 0 bridgehead atoms. The van der Waals surface area contributed by atoms with Gasteiger partial charge in [-0.2, -0.15) is 4.31 Å². The van der Waals surface area contributed by atoms with Gasteiger partial charge in [0.15, 0.2) is 0 Å². The second kappa shape index (κ2) is 9.09. The summed E-state index contributed by atoms with van der Waals surface area (Å²) in [6.07, 6.45) is 2.30. The minimum atomic E-state index is -3.56. The van der Waals surface area contributed by atoms with Gasteiger partial charge in [0.1, 0.15) is 10.7 Å². The van der Waals surface area contributed by atoms with Crippen LogP contribution >= 0.6 is 0 Å². The molecule has 0 aromatic carbocycles. The second-order valence-electron chi connectivity index (χ2n) is 8.27. The number of piperazine rings is 1. The van der Waals surface area contributed by atoms with E-state index in [-0.39, 0.29) is 29.2 Å². The quantitative estimate of drug-likeness (QED) is 0.622. The maximum absolute atomic E-state index is 12.7. The predicted molar refractivity (Wildman–Crippen MR) is 113 cm³/mol. The summed E-state index contributed by atoms with van der Waals surface area (Å²) in [5, 5.41) is 2.74. The van der Waals surface area contributed by atoms with Crippen molar-refractivity contribution >= 4 is 27.7 Å². The summed E-state index contributed by atoms with van der Waals surface area (Å²) in [7, 11) is -3.56. The number of pyridine rings is 1. The first kappa shape index (κ1) is 22.0. The Morgan fingerprint density at radius 3 is 2.39 bits per heavy atom. The number of aromatic nitrogens is 1. The maximum Gasteiger partial charge on any atom is 0.244 e. The molecule has 2 saturated heterocycles. The smallest absolute Gasteiger partial charge is 0.244 e. The molecule has 3 heterocycles. The van der Waals surface area contributed by atoms with Gasteiger partial charge in [0.2, 0.25) is 21.8 Å². The zero-order valence-corrected chi connectivity index (χ0v) is 18.5. The summed E-state index contributed by atoms with van der Waals surface area (Å²) >= 11 is 0. The van der Waals surface area contributed by atoms with Crippen molar-refractivity contribution in [3.63, 3.8) is 0 Å². The zero-order valence-electron chi connectivity index (χ0n) is 17.7. The molecule has 1 N–H and O–H groups in total. The summed E-state index contributed by atoms with van der Waals surface area (Å²) in [5.74, 6) is 1.05. The van der Waals surface area contributed by atoms with E-state index in [0.29, 0.717) is 64.2 Å². The van der Waals surface area contributed by atoms with Crippen molar-refractivity contribution in [2.75, 3.05) is 63.9 Å². The van der Waals surface area contributed by atoms with Crippen LogP contribution in [-0.4, -0.2) is 93.4 Å². The van der Waals surface area contributed by atoms with Crippen molar-refractivity contribution in [3.05, 3.63) is 18.3 Å². The first-order valence-corrected chi connectivity index (χ1v) is 12.1. The molecule has 1 aromatic rings. The number of sulfonamides is 1. The molecule has 0 radical (unpaired) electrons. The fourth-order valence-electron chi connectivity index (χ4n) is 3.93. The molecule has 2 atom stereocenters. The van der Waals surface area contributed by atoms with Crippen molar-refractivity contribution in [1.82, 2.24) is 19.5 Å². The molecule has 4 rings (SSSR count). The lowest BCUT2D eigenvalue weighted by Crippen LogP contribution is -2.51. The monoisotopic (exact) mass is 451 g/mol. The molecular formula is C20H29N5O5S. The van der Waals surface area contributed by atoms with E-state index in [1.807, 2.05) is 11.8 Å². The molecule has 170 valence electrons. The van der Waals surface area contributed by atoms with E-state index in [1.54, 1.807) is 17.0 Å². The van der Waals surface area contributed by atoms with Crippen molar-refractivity contribution in [2.24, 2.45) is 11.8 Å². The SMILES string of the molecule is C[C@H]1C[C@@H]1C(=O)NCC(=O)N1CCN(c2ccc(S(=O)(=O)N3CCOCC3)cn2)CC1. The van der Waals surface area contributed by atoms with Crippen LogP contribution in [0.5, 0.6) is 0 Å². The fourth-order valence-corrected chi connectivity index (χ4v) is 5.28. The Bertz CT molecular complexity index is 908. The molecule has 2 amide bonds. The number of ether oxygens (including phenoxy) is 1. The van der Waals surface area contributed by atoms with Crippen molar-refractivity contribution in [3.8, 4) is 0 Å². The Morgan fingerprint density at radius 2 is 1.81 bits per heavy atom. The van der Waals surface area contributed by atoms with E-state index in [2.05, 4.69) is 10.3 Å². The van der Waals surface area contributed by atoms with Crippen LogP contribution in [-0.2, 0) is 24.3 Å². The van der Waals surface area contributed by atoms with Crippen LogP contribution in [0.2, 0.25) is 0 Å². The van der Waals surface area contributed by atoms with Crippen molar-refractivity contribution in [1.29, 1.82) is 0 Å². The molecule has 1 aromatic heterocycles. The molecule has 2 aliphatic heterocycles. The first-order chi connectivity index (χ1) is 14.9.